The minimum Gasteiger partial charge on any atom is -0.336 e. The maximum atomic E-state index is 12.7. The average molecular weight is 382 g/mol. The van der Waals surface area contributed by atoms with E-state index in [1.165, 1.54) is 6.42 Å². The predicted molar refractivity (Wildman–Crippen MR) is 98.8 cm³/mol. The van der Waals surface area contributed by atoms with Gasteiger partial charge in [0, 0.05) is 41.8 Å². The Labute approximate surface area is 148 Å². The minimum absolute atomic E-state index is 0.143. The molecule has 1 saturated heterocycles. The van der Waals surface area contributed by atoms with Gasteiger partial charge in [0.1, 0.15) is 0 Å². The second-order valence-corrected chi connectivity index (χ2v) is 7.73. The molecule has 1 heterocycles. The van der Waals surface area contributed by atoms with Crippen molar-refractivity contribution in [3.8, 4) is 0 Å². The first-order chi connectivity index (χ1) is 10.9. The number of hydrogen-bond donors (Lipinski definition) is 0. The molecule has 1 fully saturated rings. The van der Waals surface area contributed by atoms with Crippen LogP contribution < -0.4 is 0 Å². The van der Waals surface area contributed by atoms with Gasteiger partial charge in [-0.3, -0.25) is 9.69 Å². The summed E-state index contributed by atoms with van der Waals surface area (Å²) in [6, 6.07) is 8.45. The van der Waals surface area contributed by atoms with Crippen LogP contribution in [0.1, 0.15) is 30.6 Å². The van der Waals surface area contributed by atoms with Crippen molar-refractivity contribution in [3.05, 3.63) is 34.3 Å². The molecule has 0 bridgehead atoms. The second-order valence-electron chi connectivity index (χ2n) is 6.81. The van der Waals surface area contributed by atoms with Crippen LogP contribution in [-0.4, -0.2) is 73.0 Å². The van der Waals surface area contributed by atoms with E-state index in [0.29, 0.717) is 12.1 Å². The molecular weight excluding hydrogens is 354 g/mol. The van der Waals surface area contributed by atoms with E-state index >= 15 is 0 Å². The molecule has 2 unspecified atom stereocenters. The van der Waals surface area contributed by atoms with Gasteiger partial charge in [0.15, 0.2) is 0 Å². The van der Waals surface area contributed by atoms with Crippen LogP contribution in [0.4, 0.5) is 0 Å². The largest absolute Gasteiger partial charge is 0.336 e. The molecule has 128 valence electrons. The van der Waals surface area contributed by atoms with E-state index in [4.69, 9.17) is 0 Å². The summed E-state index contributed by atoms with van der Waals surface area (Å²) < 4.78 is 1.00. The van der Waals surface area contributed by atoms with Gasteiger partial charge in [0.05, 0.1) is 0 Å². The third kappa shape index (κ3) is 5.03. The molecule has 1 aliphatic heterocycles. The Bertz CT molecular complexity index is 506. The molecule has 0 radical (unpaired) electrons. The fraction of sp³-hybridized carbons (Fsp3) is 0.611. The van der Waals surface area contributed by atoms with E-state index in [1.807, 2.05) is 29.2 Å². The molecule has 5 heteroatoms. The first-order valence-corrected chi connectivity index (χ1v) is 9.13. The van der Waals surface area contributed by atoms with Gasteiger partial charge in [-0.05, 0) is 65.2 Å². The lowest BCUT2D eigenvalue weighted by Gasteiger charge is -2.44. The number of amides is 1. The maximum absolute atomic E-state index is 12.7. The van der Waals surface area contributed by atoms with Crippen molar-refractivity contribution in [2.75, 3.05) is 40.3 Å². The molecule has 4 nitrogen and oxygen atoms in total. The Morgan fingerprint density at radius 3 is 2.26 bits per heavy atom. The van der Waals surface area contributed by atoms with Crippen LogP contribution in [0.25, 0.3) is 0 Å². The number of rotatable bonds is 5. The Hall–Kier alpha value is -0.910. The highest BCUT2D eigenvalue weighted by molar-refractivity contribution is 9.10. The summed E-state index contributed by atoms with van der Waals surface area (Å²) in [7, 11) is 4.23. The van der Waals surface area contributed by atoms with Gasteiger partial charge in [-0.15, -0.1) is 0 Å². The van der Waals surface area contributed by atoms with Crippen molar-refractivity contribution < 1.29 is 4.79 Å². The molecular formula is C18H28BrN3O. The summed E-state index contributed by atoms with van der Waals surface area (Å²) >= 11 is 3.42. The average Bonchev–Trinajstić information content (AvgIpc) is 2.49. The van der Waals surface area contributed by atoms with Gasteiger partial charge < -0.3 is 9.80 Å². The van der Waals surface area contributed by atoms with Crippen molar-refractivity contribution in [1.82, 2.24) is 14.7 Å². The van der Waals surface area contributed by atoms with Crippen molar-refractivity contribution in [2.24, 2.45) is 0 Å². The van der Waals surface area contributed by atoms with Crippen LogP contribution in [0, 0.1) is 0 Å². The lowest BCUT2D eigenvalue weighted by molar-refractivity contribution is 0.0295. The normalized spacial score (nSPS) is 22.6. The van der Waals surface area contributed by atoms with E-state index < -0.39 is 0 Å². The van der Waals surface area contributed by atoms with Crippen LogP contribution in [0.3, 0.4) is 0 Å². The maximum Gasteiger partial charge on any atom is 0.253 e. The van der Waals surface area contributed by atoms with E-state index in [2.05, 4.69) is 53.7 Å². The molecule has 0 saturated carbocycles. The summed E-state index contributed by atoms with van der Waals surface area (Å²) in [5, 5.41) is 0. The van der Waals surface area contributed by atoms with E-state index in [-0.39, 0.29) is 5.91 Å². The molecule has 23 heavy (non-hydrogen) atoms. The number of piperazine rings is 1. The second kappa shape index (κ2) is 8.27. The Kier molecular flexibility index (Phi) is 6.62. The van der Waals surface area contributed by atoms with Gasteiger partial charge >= 0.3 is 0 Å². The lowest BCUT2D eigenvalue weighted by atomic mass is 10.1. The zero-order valence-corrected chi connectivity index (χ0v) is 16.2. The topological polar surface area (TPSA) is 26.8 Å². The fourth-order valence-electron chi connectivity index (χ4n) is 3.31. The first-order valence-electron chi connectivity index (χ1n) is 8.34. The molecule has 1 aromatic rings. The van der Waals surface area contributed by atoms with E-state index in [9.17, 15) is 4.79 Å². The third-order valence-corrected chi connectivity index (χ3v) is 5.03. The minimum atomic E-state index is 0.143. The number of halogens is 1. The highest BCUT2D eigenvalue weighted by atomic mass is 79.9. The SMILES string of the molecule is CC1CN(C(=O)c2ccc(Br)cc2)CC(C)N1CCCN(C)C. The molecule has 0 N–H and O–H groups in total. The third-order valence-electron chi connectivity index (χ3n) is 4.50. The van der Waals surface area contributed by atoms with Crippen LogP contribution in [0.15, 0.2) is 28.7 Å². The number of benzene rings is 1. The van der Waals surface area contributed by atoms with Crippen molar-refractivity contribution in [2.45, 2.75) is 32.4 Å². The summed E-state index contributed by atoms with van der Waals surface area (Å²) in [5.41, 5.74) is 0.772. The Balaban J connectivity index is 1.95. The van der Waals surface area contributed by atoms with Gasteiger partial charge in [0.25, 0.3) is 5.91 Å². The van der Waals surface area contributed by atoms with Crippen LogP contribution in [0.5, 0.6) is 0 Å². The number of hydrogen-bond acceptors (Lipinski definition) is 3. The van der Waals surface area contributed by atoms with Crippen LogP contribution >= 0.6 is 15.9 Å². The fourth-order valence-corrected chi connectivity index (χ4v) is 3.57. The molecule has 1 aliphatic rings. The molecule has 0 aromatic heterocycles. The summed E-state index contributed by atoms with van der Waals surface area (Å²) in [4.78, 5) is 19.5. The highest BCUT2D eigenvalue weighted by Crippen LogP contribution is 2.19. The Morgan fingerprint density at radius 1 is 1.17 bits per heavy atom. The standard InChI is InChI=1S/C18H28BrN3O/c1-14-12-21(18(23)16-6-8-17(19)9-7-16)13-15(2)22(14)11-5-10-20(3)4/h6-9,14-15H,5,10-13H2,1-4H3. The van der Waals surface area contributed by atoms with Gasteiger partial charge in [0.2, 0.25) is 0 Å². The van der Waals surface area contributed by atoms with Crippen molar-refractivity contribution in [1.29, 1.82) is 0 Å². The van der Waals surface area contributed by atoms with Crippen LogP contribution in [0.2, 0.25) is 0 Å². The number of carbonyl (C=O) groups excluding carboxylic acids is 1. The molecule has 2 atom stereocenters. The molecule has 0 spiro atoms. The van der Waals surface area contributed by atoms with E-state index in [1.54, 1.807) is 0 Å². The summed E-state index contributed by atoms with van der Waals surface area (Å²) in [6.45, 7) is 8.28. The Morgan fingerprint density at radius 2 is 1.74 bits per heavy atom. The first kappa shape index (κ1) is 18.4. The molecule has 1 amide bonds. The van der Waals surface area contributed by atoms with Gasteiger partial charge in [-0.1, -0.05) is 15.9 Å². The zero-order valence-electron chi connectivity index (χ0n) is 14.6. The number of carbonyl (C=O) groups is 1. The lowest BCUT2D eigenvalue weighted by Crippen LogP contribution is -2.58. The molecule has 0 aliphatic carbocycles. The monoisotopic (exact) mass is 381 g/mol. The van der Waals surface area contributed by atoms with Crippen LogP contribution in [-0.2, 0) is 0 Å². The van der Waals surface area contributed by atoms with Gasteiger partial charge in [-0.2, -0.15) is 0 Å². The summed E-state index contributed by atoms with van der Waals surface area (Å²) in [6.07, 6.45) is 1.17. The van der Waals surface area contributed by atoms with Crippen molar-refractivity contribution >= 4 is 21.8 Å². The predicted octanol–water partition coefficient (Wildman–Crippen LogP) is 2.94. The van der Waals surface area contributed by atoms with Gasteiger partial charge in [-0.25, -0.2) is 0 Å². The zero-order chi connectivity index (χ0) is 17.0. The molecule has 2 rings (SSSR count). The quantitative estimate of drug-likeness (QED) is 0.784. The highest BCUT2D eigenvalue weighted by Gasteiger charge is 2.31. The number of nitrogens with zero attached hydrogens (tertiary/aromatic N) is 3. The summed E-state index contributed by atoms with van der Waals surface area (Å²) in [5.74, 6) is 0.143. The smallest absolute Gasteiger partial charge is 0.253 e. The molecule has 1 aromatic carbocycles. The van der Waals surface area contributed by atoms with Crippen molar-refractivity contribution in [3.63, 3.8) is 0 Å². The van der Waals surface area contributed by atoms with E-state index in [0.717, 1.165) is 36.2 Å².